The van der Waals surface area contributed by atoms with Gasteiger partial charge in [-0.3, -0.25) is 4.79 Å². The van der Waals surface area contributed by atoms with Crippen LogP contribution in [0.2, 0.25) is 39.3 Å². The Morgan fingerprint density at radius 2 is 1.70 bits per heavy atom. The molecule has 0 bridgehead atoms. The third kappa shape index (κ3) is 3.13. The maximum absolute atomic E-state index is 12.7. The number of amides is 1. The van der Waals surface area contributed by atoms with E-state index in [1.165, 1.54) is 0 Å². The number of anilines is 1. The zero-order valence-corrected chi connectivity index (χ0v) is 15.1. The van der Waals surface area contributed by atoms with E-state index in [0.29, 0.717) is 0 Å². The summed E-state index contributed by atoms with van der Waals surface area (Å²) in [6, 6.07) is 7.69. The van der Waals surface area contributed by atoms with E-state index in [4.69, 9.17) is 9.16 Å². The fraction of sp³-hybridized carbons (Fsp3) is 0.500. The molecule has 1 unspecified atom stereocenters. The molecule has 0 aromatic heterocycles. The van der Waals surface area contributed by atoms with E-state index in [0.717, 1.165) is 11.4 Å². The van der Waals surface area contributed by atoms with E-state index in [2.05, 4.69) is 39.3 Å². The van der Waals surface area contributed by atoms with E-state index in [1.807, 2.05) is 28.8 Å². The van der Waals surface area contributed by atoms with Crippen molar-refractivity contribution in [2.45, 2.75) is 45.6 Å². The van der Waals surface area contributed by atoms with E-state index in [-0.39, 0.29) is 5.91 Å². The highest BCUT2D eigenvalue weighted by Gasteiger charge is 2.42. The second-order valence-electron chi connectivity index (χ2n) is 6.99. The molecule has 110 valence electrons. The molecule has 0 fully saturated rings. The van der Waals surface area contributed by atoms with Crippen LogP contribution < -0.4 is 9.30 Å². The standard InChI is InChI=1S/C14H23NO3Si2/c1-19(2,3)15-11-9-7-8-10-12(11)17-14(13(15)16)18-20(4,5)6/h7-10,14H,1-6H3. The van der Waals surface area contributed by atoms with Gasteiger partial charge in [0.25, 0.3) is 12.2 Å². The molecule has 6 heteroatoms. The number of ether oxygens (including phenoxy) is 1. The Morgan fingerprint density at radius 1 is 1.10 bits per heavy atom. The van der Waals surface area contributed by atoms with Gasteiger partial charge in [-0.1, -0.05) is 31.8 Å². The molecule has 1 heterocycles. The molecular formula is C14H23NO3Si2. The summed E-state index contributed by atoms with van der Waals surface area (Å²) in [5.41, 5.74) is 0.868. The summed E-state index contributed by atoms with van der Waals surface area (Å²) in [5.74, 6) is 0.670. The lowest BCUT2D eigenvalue weighted by Crippen LogP contribution is -2.59. The highest BCUT2D eigenvalue weighted by atomic mass is 28.4. The Kier molecular flexibility index (Phi) is 3.83. The molecule has 1 aromatic rings. The third-order valence-corrected chi connectivity index (χ3v) is 5.62. The van der Waals surface area contributed by atoms with Gasteiger partial charge in [0.15, 0.2) is 16.6 Å². The summed E-state index contributed by atoms with van der Waals surface area (Å²) in [6.07, 6.45) is -0.803. The number of para-hydroxylation sites is 2. The summed E-state index contributed by atoms with van der Waals surface area (Å²) < 4.78 is 13.6. The van der Waals surface area contributed by atoms with Gasteiger partial charge in [0.05, 0.1) is 5.69 Å². The highest BCUT2D eigenvalue weighted by Crippen LogP contribution is 2.37. The van der Waals surface area contributed by atoms with Gasteiger partial charge in [0, 0.05) is 0 Å². The number of fused-ring (bicyclic) bond motifs is 1. The van der Waals surface area contributed by atoms with E-state index in [1.54, 1.807) is 0 Å². The Labute approximate surface area is 122 Å². The predicted octanol–water partition coefficient (Wildman–Crippen LogP) is 3.42. The second kappa shape index (κ2) is 5.01. The van der Waals surface area contributed by atoms with Crippen LogP contribution in [0, 0.1) is 0 Å². The maximum Gasteiger partial charge on any atom is 0.287 e. The van der Waals surface area contributed by atoms with Crippen LogP contribution in [0.4, 0.5) is 5.69 Å². The van der Waals surface area contributed by atoms with Crippen molar-refractivity contribution < 1.29 is 14.0 Å². The van der Waals surface area contributed by atoms with Crippen LogP contribution in [-0.2, 0) is 9.22 Å². The number of carbonyl (C=O) groups is 1. The van der Waals surface area contributed by atoms with Crippen molar-refractivity contribution in [3.63, 3.8) is 0 Å². The lowest BCUT2D eigenvalue weighted by atomic mass is 10.2. The monoisotopic (exact) mass is 309 g/mol. The Bertz CT molecular complexity index is 520. The van der Waals surface area contributed by atoms with Crippen LogP contribution in [0.25, 0.3) is 0 Å². The summed E-state index contributed by atoms with van der Waals surface area (Å²) in [7, 11) is -3.70. The lowest BCUT2D eigenvalue weighted by Gasteiger charge is -2.42. The number of benzene rings is 1. The molecule has 0 spiro atoms. The summed E-state index contributed by atoms with van der Waals surface area (Å²) in [5, 5.41) is 0. The van der Waals surface area contributed by atoms with Crippen molar-refractivity contribution in [1.82, 2.24) is 0 Å². The summed E-state index contributed by atoms with van der Waals surface area (Å²) in [4.78, 5) is 12.7. The maximum atomic E-state index is 12.7. The first kappa shape index (κ1) is 15.3. The molecule has 0 N–H and O–H groups in total. The average molecular weight is 310 g/mol. The second-order valence-corrected chi connectivity index (χ2v) is 16.2. The fourth-order valence-electron chi connectivity index (χ4n) is 2.22. The van der Waals surface area contributed by atoms with E-state index < -0.39 is 22.8 Å². The molecular weight excluding hydrogens is 286 g/mol. The minimum atomic E-state index is -1.85. The topological polar surface area (TPSA) is 38.8 Å². The number of nitrogens with zero attached hydrogens (tertiary/aromatic N) is 1. The first-order valence-electron chi connectivity index (χ1n) is 6.87. The van der Waals surface area contributed by atoms with Gasteiger partial charge in [-0.25, -0.2) is 0 Å². The van der Waals surface area contributed by atoms with Crippen molar-refractivity contribution in [3.8, 4) is 5.75 Å². The first-order valence-corrected chi connectivity index (χ1v) is 13.7. The van der Waals surface area contributed by atoms with E-state index in [9.17, 15) is 4.79 Å². The normalized spacial score (nSPS) is 19.6. The Hall–Kier alpha value is -1.12. The zero-order chi connectivity index (χ0) is 15.1. The number of hydrogen-bond donors (Lipinski definition) is 0. The van der Waals surface area contributed by atoms with Crippen molar-refractivity contribution in [2.75, 3.05) is 4.57 Å². The highest BCUT2D eigenvalue weighted by molar-refractivity contribution is 6.83. The lowest BCUT2D eigenvalue weighted by molar-refractivity contribution is -0.138. The molecule has 2 rings (SSSR count). The molecule has 4 nitrogen and oxygen atoms in total. The summed E-state index contributed by atoms with van der Waals surface area (Å²) >= 11 is 0. The molecule has 0 aliphatic carbocycles. The molecule has 1 aromatic carbocycles. The van der Waals surface area contributed by atoms with Crippen LogP contribution in [0.3, 0.4) is 0 Å². The van der Waals surface area contributed by atoms with Gasteiger partial charge in [-0.2, -0.15) is 0 Å². The van der Waals surface area contributed by atoms with Crippen LogP contribution >= 0.6 is 0 Å². The van der Waals surface area contributed by atoms with Crippen molar-refractivity contribution in [2.24, 2.45) is 0 Å². The van der Waals surface area contributed by atoms with Crippen molar-refractivity contribution >= 4 is 28.1 Å². The average Bonchev–Trinajstić information content (AvgIpc) is 2.26. The Morgan fingerprint density at radius 3 is 2.25 bits per heavy atom. The first-order chi connectivity index (χ1) is 9.09. The van der Waals surface area contributed by atoms with Crippen molar-refractivity contribution in [1.29, 1.82) is 0 Å². The van der Waals surface area contributed by atoms with Crippen LogP contribution in [0.5, 0.6) is 5.75 Å². The molecule has 1 atom stereocenters. The molecule has 0 saturated carbocycles. The van der Waals surface area contributed by atoms with Crippen LogP contribution in [0.15, 0.2) is 24.3 Å². The van der Waals surface area contributed by atoms with Gasteiger partial charge in [0.1, 0.15) is 5.75 Å². The minimum Gasteiger partial charge on any atom is -0.454 e. The fourth-order valence-corrected chi connectivity index (χ4v) is 4.68. The Balaban J connectivity index is 2.43. The van der Waals surface area contributed by atoms with Gasteiger partial charge >= 0.3 is 0 Å². The quantitative estimate of drug-likeness (QED) is 0.803. The largest absolute Gasteiger partial charge is 0.454 e. The third-order valence-electron chi connectivity index (χ3n) is 2.89. The molecule has 0 radical (unpaired) electrons. The van der Waals surface area contributed by atoms with E-state index >= 15 is 0 Å². The van der Waals surface area contributed by atoms with Gasteiger partial charge in [-0.05, 0) is 31.8 Å². The molecule has 1 aliphatic rings. The smallest absolute Gasteiger partial charge is 0.287 e. The zero-order valence-electron chi connectivity index (χ0n) is 13.1. The SMILES string of the molecule is C[Si](C)(C)OC1Oc2ccccc2N([Si](C)(C)C)C1=O. The number of hydrogen-bond acceptors (Lipinski definition) is 3. The van der Waals surface area contributed by atoms with Crippen LogP contribution in [-0.4, -0.2) is 28.8 Å². The van der Waals surface area contributed by atoms with Gasteiger partial charge in [0.2, 0.25) is 0 Å². The number of carbonyl (C=O) groups excluding carboxylic acids is 1. The number of rotatable bonds is 3. The molecule has 0 saturated heterocycles. The van der Waals surface area contributed by atoms with Gasteiger partial charge in [-0.15, -0.1) is 0 Å². The molecule has 1 amide bonds. The molecule has 20 heavy (non-hydrogen) atoms. The summed E-state index contributed by atoms with van der Waals surface area (Å²) in [6.45, 7) is 12.6. The van der Waals surface area contributed by atoms with Crippen LogP contribution in [0.1, 0.15) is 0 Å². The molecule has 1 aliphatic heterocycles. The predicted molar refractivity (Wildman–Crippen MR) is 86.1 cm³/mol. The minimum absolute atomic E-state index is 0.0645. The van der Waals surface area contributed by atoms with Crippen molar-refractivity contribution in [3.05, 3.63) is 24.3 Å². The van der Waals surface area contributed by atoms with Gasteiger partial charge < -0.3 is 13.7 Å².